The normalized spacial score (nSPS) is 11.2. The first-order chi connectivity index (χ1) is 7.74. The number of carbonyl (C=O) groups is 1. The second-order valence-electron chi connectivity index (χ2n) is 4.09. The Morgan fingerprint density at radius 3 is 2.41 bits per heavy atom. The van der Waals surface area contributed by atoms with Crippen LogP contribution in [0.25, 0.3) is 0 Å². The summed E-state index contributed by atoms with van der Waals surface area (Å²) >= 11 is 0. The Hall–Kier alpha value is -1.56. The number of anilines is 1. The molecule has 1 aromatic rings. The van der Waals surface area contributed by atoms with E-state index >= 15 is 0 Å². The quantitative estimate of drug-likeness (QED) is 0.796. The van der Waals surface area contributed by atoms with Crippen molar-refractivity contribution in [3.8, 4) is 0 Å². The molecule has 0 bridgehead atoms. The van der Waals surface area contributed by atoms with E-state index in [2.05, 4.69) is 0 Å². The largest absolute Gasteiger partial charge is 0.398 e. The molecule has 0 saturated carbocycles. The van der Waals surface area contributed by atoms with E-state index in [1.165, 1.54) is 25.1 Å². The molecule has 0 radical (unpaired) electrons. The minimum atomic E-state index is -3.67. The van der Waals surface area contributed by atoms with Crippen molar-refractivity contribution in [3.05, 3.63) is 23.8 Å². The van der Waals surface area contributed by atoms with Crippen molar-refractivity contribution in [1.82, 2.24) is 4.90 Å². The molecule has 0 aromatic heterocycles. The van der Waals surface area contributed by atoms with Crippen molar-refractivity contribution < 1.29 is 13.2 Å². The lowest BCUT2D eigenvalue weighted by Gasteiger charge is -2.12. The first kappa shape index (κ1) is 13.5. The average Bonchev–Trinajstić information content (AvgIpc) is 2.15. The van der Waals surface area contributed by atoms with Gasteiger partial charge in [0.15, 0.2) is 9.84 Å². The molecule has 1 rings (SSSR count). The molecule has 0 heterocycles. The van der Waals surface area contributed by atoms with Crippen LogP contribution < -0.4 is 5.73 Å². The zero-order valence-corrected chi connectivity index (χ0v) is 10.9. The van der Waals surface area contributed by atoms with Crippen molar-refractivity contribution >= 4 is 21.4 Å². The first-order valence-corrected chi connectivity index (χ1v) is 6.68. The van der Waals surface area contributed by atoms with Crippen LogP contribution in [0, 0.1) is 6.92 Å². The number of sulfone groups is 1. The summed E-state index contributed by atoms with van der Waals surface area (Å²) in [5, 5.41) is 0. The number of rotatable bonds is 3. The lowest BCUT2D eigenvalue weighted by atomic mass is 10.2. The molecule has 0 aliphatic heterocycles. The molecule has 1 aromatic carbocycles. The number of benzene rings is 1. The highest BCUT2D eigenvalue weighted by Crippen LogP contribution is 2.20. The standard InChI is InChI=1S/C11H16N2O3S/c1-8-4-5-10(9(12)6-8)17(15,16)7-11(14)13(2)3/h4-6H,7,12H2,1-3H3. The number of aryl methyl sites for hydroxylation is 1. The highest BCUT2D eigenvalue weighted by molar-refractivity contribution is 7.92. The summed E-state index contributed by atoms with van der Waals surface area (Å²) in [6.07, 6.45) is 0. The minimum Gasteiger partial charge on any atom is -0.398 e. The summed E-state index contributed by atoms with van der Waals surface area (Å²) in [7, 11) is -0.648. The molecule has 0 fully saturated rings. The summed E-state index contributed by atoms with van der Waals surface area (Å²) < 4.78 is 23.9. The maximum Gasteiger partial charge on any atom is 0.237 e. The van der Waals surface area contributed by atoms with Crippen molar-refractivity contribution in [2.75, 3.05) is 25.6 Å². The zero-order valence-electron chi connectivity index (χ0n) is 10.1. The number of nitrogen functional groups attached to an aromatic ring is 1. The van der Waals surface area contributed by atoms with E-state index in [1.54, 1.807) is 12.1 Å². The average molecular weight is 256 g/mol. The van der Waals surface area contributed by atoms with Crippen molar-refractivity contribution in [1.29, 1.82) is 0 Å². The maximum absolute atomic E-state index is 12.0. The molecule has 1 amide bonds. The number of hydrogen-bond acceptors (Lipinski definition) is 4. The van der Waals surface area contributed by atoms with Crippen LogP contribution in [0.3, 0.4) is 0 Å². The van der Waals surface area contributed by atoms with Gasteiger partial charge in [-0.25, -0.2) is 8.42 Å². The molecule has 0 aliphatic rings. The third-order valence-electron chi connectivity index (χ3n) is 2.31. The summed E-state index contributed by atoms with van der Waals surface area (Å²) in [5.41, 5.74) is 6.71. The van der Waals surface area contributed by atoms with Gasteiger partial charge in [-0.15, -0.1) is 0 Å². The highest BCUT2D eigenvalue weighted by atomic mass is 32.2. The Labute approximate surface area is 101 Å². The van der Waals surface area contributed by atoms with E-state index in [-0.39, 0.29) is 10.6 Å². The Morgan fingerprint density at radius 2 is 1.94 bits per heavy atom. The highest BCUT2D eigenvalue weighted by Gasteiger charge is 2.22. The first-order valence-electron chi connectivity index (χ1n) is 5.03. The van der Waals surface area contributed by atoms with Gasteiger partial charge >= 0.3 is 0 Å². The van der Waals surface area contributed by atoms with Crippen LogP contribution in [0.4, 0.5) is 5.69 Å². The van der Waals surface area contributed by atoms with Gasteiger partial charge < -0.3 is 10.6 Å². The van der Waals surface area contributed by atoms with Gasteiger partial charge in [-0.05, 0) is 24.6 Å². The Morgan fingerprint density at radius 1 is 1.35 bits per heavy atom. The lowest BCUT2D eigenvalue weighted by molar-refractivity contribution is -0.125. The van der Waals surface area contributed by atoms with Crippen LogP contribution in [-0.2, 0) is 14.6 Å². The van der Waals surface area contributed by atoms with Crippen LogP contribution in [0.15, 0.2) is 23.1 Å². The van der Waals surface area contributed by atoms with E-state index in [1.807, 2.05) is 6.92 Å². The van der Waals surface area contributed by atoms with Crippen LogP contribution in [0.1, 0.15) is 5.56 Å². The Kier molecular flexibility index (Phi) is 3.77. The molecule has 0 saturated heterocycles. The number of carbonyl (C=O) groups excluding carboxylic acids is 1. The number of hydrogen-bond donors (Lipinski definition) is 1. The van der Waals surface area contributed by atoms with Gasteiger partial charge in [0.1, 0.15) is 5.75 Å². The van der Waals surface area contributed by atoms with Crippen molar-refractivity contribution in [2.24, 2.45) is 0 Å². The molecule has 94 valence electrons. The smallest absolute Gasteiger partial charge is 0.237 e. The molecular weight excluding hydrogens is 240 g/mol. The topological polar surface area (TPSA) is 80.5 Å². The maximum atomic E-state index is 12.0. The number of nitrogens with zero attached hydrogens (tertiary/aromatic N) is 1. The third-order valence-corrected chi connectivity index (χ3v) is 3.98. The van der Waals surface area contributed by atoms with E-state index < -0.39 is 21.5 Å². The predicted molar refractivity (Wildman–Crippen MR) is 66.3 cm³/mol. The summed E-state index contributed by atoms with van der Waals surface area (Å²) in [6.45, 7) is 1.82. The van der Waals surface area contributed by atoms with E-state index in [0.717, 1.165) is 5.56 Å². The Balaban J connectivity index is 3.10. The van der Waals surface area contributed by atoms with E-state index in [9.17, 15) is 13.2 Å². The molecule has 0 atom stereocenters. The second kappa shape index (κ2) is 4.75. The van der Waals surface area contributed by atoms with Crippen LogP contribution in [0.2, 0.25) is 0 Å². The summed E-state index contributed by atoms with van der Waals surface area (Å²) in [6, 6.07) is 4.67. The van der Waals surface area contributed by atoms with Gasteiger partial charge in [-0.3, -0.25) is 4.79 Å². The number of amides is 1. The Bertz CT molecular complexity index is 536. The molecular formula is C11H16N2O3S. The van der Waals surface area contributed by atoms with Crippen molar-refractivity contribution in [2.45, 2.75) is 11.8 Å². The second-order valence-corrected chi connectivity index (χ2v) is 6.05. The molecule has 5 nitrogen and oxygen atoms in total. The van der Waals surface area contributed by atoms with Crippen LogP contribution >= 0.6 is 0 Å². The van der Waals surface area contributed by atoms with Gasteiger partial charge in [-0.1, -0.05) is 6.07 Å². The molecule has 17 heavy (non-hydrogen) atoms. The van der Waals surface area contributed by atoms with Gasteiger partial charge in [0.05, 0.1) is 10.6 Å². The van der Waals surface area contributed by atoms with Gasteiger partial charge in [0, 0.05) is 14.1 Å². The van der Waals surface area contributed by atoms with Gasteiger partial charge in [0.25, 0.3) is 0 Å². The predicted octanol–water partition coefficient (Wildman–Crippen LogP) is 0.439. The van der Waals surface area contributed by atoms with E-state index in [0.29, 0.717) is 0 Å². The molecule has 0 aliphatic carbocycles. The third kappa shape index (κ3) is 3.20. The van der Waals surface area contributed by atoms with E-state index in [4.69, 9.17) is 5.73 Å². The SMILES string of the molecule is Cc1ccc(S(=O)(=O)CC(=O)N(C)C)c(N)c1. The molecule has 2 N–H and O–H groups in total. The lowest BCUT2D eigenvalue weighted by Crippen LogP contribution is -2.29. The fraction of sp³-hybridized carbons (Fsp3) is 0.364. The fourth-order valence-electron chi connectivity index (χ4n) is 1.32. The van der Waals surface area contributed by atoms with Crippen molar-refractivity contribution in [3.63, 3.8) is 0 Å². The van der Waals surface area contributed by atoms with Crippen LogP contribution in [0.5, 0.6) is 0 Å². The monoisotopic (exact) mass is 256 g/mol. The molecule has 0 spiro atoms. The molecule has 0 unspecified atom stereocenters. The summed E-state index contributed by atoms with van der Waals surface area (Å²) in [4.78, 5) is 12.7. The zero-order chi connectivity index (χ0) is 13.2. The minimum absolute atomic E-state index is 0.0123. The fourth-order valence-corrected chi connectivity index (χ4v) is 2.75. The van der Waals surface area contributed by atoms with Gasteiger partial charge in [-0.2, -0.15) is 0 Å². The summed E-state index contributed by atoms with van der Waals surface area (Å²) in [5.74, 6) is -1.03. The molecule has 6 heteroatoms. The number of nitrogens with two attached hydrogens (primary N) is 1. The van der Waals surface area contributed by atoms with Gasteiger partial charge in [0.2, 0.25) is 5.91 Å². The van der Waals surface area contributed by atoms with Crippen LogP contribution in [-0.4, -0.2) is 39.1 Å².